The highest BCUT2D eigenvalue weighted by Gasteiger charge is 2.17. The van der Waals surface area contributed by atoms with Gasteiger partial charge in [0.25, 0.3) is 0 Å². The molecule has 11 heavy (non-hydrogen) atoms. The molecule has 64 valence electrons. The third kappa shape index (κ3) is 2.95. The molecule has 1 heteroatoms. The maximum atomic E-state index is 3.16. The quantitative estimate of drug-likeness (QED) is 0.428. The summed E-state index contributed by atoms with van der Waals surface area (Å²) in [4.78, 5) is 0. The fraction of sp³-hybridized carbons (Fsp3) is 0.800. The van der Waals surface area contributed by atoms with Gasteiger partial charge in [0.05, 0.1) is 19.6 Å². The van der Waals surface area contributed by atoms with E-state index in [4.69, 9.17) is 0 Å². The van der Waals surface area contributed by atoms with E-state index in [9.17, 15) is 0 Å². The summed E-state index contributed by atoms with van der Waals surface area (Å²) in [5.74, 6) is 6.12. The molecule has 0 spiro atoms. The Labute approximate surface area is 71.0 Å². The smallest absolute Gasteiger partial charge is 0.140 e. The van der Waals surface area contributed by atoms with Crippen molar-refractivity contribution in [3.63, 3.8) is 0 Å². The van der Waals surface area contributed by atoms with E-state index in [-0.39, 0.29) is 0 Å². The molecule has 0 N–H and O–H groups in total. The van der Waals surface area contributed by atoms with Gasteiger partial charge in [0.15, 0.2) is 0 Å². The summed E-state index contributed by atoms with van der Waals surface area (Å²) in [6.45, 7) is 13.2. The fourth-order valence-electron chi connectivity index (χ4n) is 1.25. The van der Waals surface area contributed by atoms with Crippen molar-refractivity contribution >= 4 is 0 Å². The molecule has 0 saturated carbocycles. The highest BCUT2D eigenvalue weighted by atomic mass is 15.3. The summed E-state index contributed by atoms with van der Waals surface area (Å²) in [7, 11) is 0. The summed E-state index contributed by atoms with van der Waals surface area (Å²) in [5.41, 5.74) is 0. The molecule has 0 atom stereocenters. The number of hydrogen-bond donors (Lipinski definition) is 0. The van der Waals surface area contributed by atoms with Crippen molar-refractivity contribution < 1.29 is 4.48 Å². The maximum absolute atomic E-state index is 3.16. The van der Waals surface area contributed by atoms with Crippen LogP contribution in [0, 0.1) is 11.8 Å². The van der Waals surface area contributed by atoms with Crippen LogP contribution in [0.2, 0.25) is 0 Å². The monoisotopic (exact) mass is 154 g/mol. The molecule has 1 nitrogen and oxygen atoms in total. The number of hydrogen-bond acceptors (Lipinski definition) is 0. The first-order valence-electron chi connectivity index (χ1n) is 4.49. The Morgan fingerprint density at radius 2 is 1.45 bits per heavy atom. The lowest BCUT2D eigenvalue weighted by atomic mass is 10.3. The number of rotatable bonds is 4. The summed E-state index contributed by atoms with van der Waals surface area (Å²) >= 11 is 0. The van der Waals surface area contributed by atoms with Crippen LogP contribution < -0.4 is 0 Å². The molecular weight excluding hydrogens is 134 g/mol. The summed E-state index contributed by atoms with van der Waals surface area (Å²) in [6.07, 6.45) is 0. The summed E-state index contributed by atoms with van der Waals surface area (Å²) in [5, 5.41) is 0. The highest BCUT2D eigenvalue weighted by Crippen LogP contribution is 2.03. The van der Waals surface area contributed by atoms with Crippen molar-refractivity contribution in [1.82, 2.24) is 0 Å². The molecule has 0 aromatic carbocycles. The molecule has 0 fully saturated rings. The van der Waals surface area contributed by atoms with Crippen molar-refractivity contribution in [1.29, 1.82) is 0 Å². The average Bonchev–Trinajstić information content (AvgIpc) is 2.08. The Hall–Kier alpha value is -0.480. The van der Waals surface area contributed by atoms with Gasteiger partial charge in [0.1, 0.15) is 6.54 Å². The molecule has 0 radical (unpaired) electrons. The molecule has 0 aromatic rings. The first kappa shape index (κ1) is 10.5. The summed E-state index contributed by atoms with van der Waals surface area (Å²) in [6, 6.07) is 0. The maximum Gasteiger partial charge on any atom is 0.140 e. The standard InChI is InChI=1S/C10H20N/c1-5-9-10-11(6-2,7-3)8-4/h6-8,10H2,1-4H3/q+1. The minimum absolute atomic E-state index is 1.01. The first-order valence-corrected chi connectivity index (χ1v) is 4.49. The highest BCUT2D eigenvalue weighted by molar-refractivity contribution is 4.95. The van der Waals surface area contributed by atoms with Crippen LogP contribution in [0.15, 0.2) is 0 Å². The zero-order valence-corrected chi connectivity index (χ0v) is 8.28. The molecule has 0 heterocycles. The zero-order chi connectivity index (χ0) is 8.74. The second-order valence-corrected chi connectivity index (χ2v) is 2.88. The molecule has 0 aliphatic rings. The Morgan fingerprint density at radius 1 is 1.00 bits per heavy atom. The zero-order valence-electron chi connectivity index (χ0n) is 8.28. The largest absolute Gasteiger partial charge is 0.314 e. The van der Waals surface area contributed by atoms with Crippen LogP contribution in [0.25, 0.3) is 0 Å². The second kappa shape index (κ2) is 5.21. The van der Waals surface area contributed by atoms with Gasteiger partial charge in [-0.05, 0) is 33.6 Å². The van der Waals surface area contributed by atoms with Crippen LogP contribution >= 0.6 is 0 Å². The average molecular weight is 154 g/mol. The van der Waals surface area contributed by atoms with Crippen molar-refractivity contribution in [2.45, 2.75) is 27.7 Å². The predicted molar refractivity (Wildman–Crippen MR) is 50.2 cm³/mol. The van der Waals surface area contributed by atoms with Crippen molar-refractivity contribution in [2.24, 2.45) is 0 Å². The molecule has 0 rings (SSSR count). The lowest BCUT2D eigenvalue weighted by molar-refractivity contribution is -0.916. The molecule has 0 unspecified atom stereocenters. The van der Waals surface area contributed by atoms with Crippen LogP contribution in [0.4, 0.5) is 0 Å². The Kier molecular flexibility index (Phi) is 4.98. The lowest BCUT2D eigenvalue weighted by Gasteiger charge is -2.33. The minimum Gasteiger partial charge on any atom is -0.314 e. The third-order valence-corrected chi connectivity index (χ3v) is 2.60. The Morgan fingerprint density at radius 3 is 1.73 bits per heavy atom. The van der Waals surface area contributed by atoms with Crippen molar-refractivity contribution in [3.05, 3.63) is 0 Å². The van der Waals surface area contributed by atoms with Gasteiger partial charge in [-0.3, -0.25) is 0 Å². The fourth-order valence-corrected chi connectivity index (χ4v) is 1.25. The van der Waals surface area contributed by atoms with E-state index in [0.717, 1.165) is 11.0 Å². The van der Waals surface area contributed by atoms with Crippen molar-refractivity contribution in [2.75, 3.05) is 26.2 Å². The van der Waals surface area contributed by atoms with E-state index in [1.165, 1.54) is 19.6 Å². The topological polar surface area (TPSA) is 0 Å². The molecule has 0 aromatic heterocycles. The molecule has 0 amide bonds. The van der Waals surface area contributed by atoms with Gasteiger partial charge >= 0.3 is 0 Å². The molecule has 0 bridgehead atoms. The molecular formula is C10H20N+. The van der Waals surface area contributed by atoms with Gasteiger partial charge < -0.3 is 4.48 Å². The second-order valence-electron chi connectivity index (χ2n) is 2.88. The summed E-state index contributed by atoms with van der Waals surface area (Å²) < 4.78 is 1.14. The SMILES string of the molecule is CC#CC[N+](CC)(CC)CC. The van der Waals surface area contributed by atoms with Gasteiger partial charge in [-0.25, -0.2) is 0 Å². The van der Waals surface area contributed by atoms with Crippen LogP contribution in [-0.2, 0) is 0 Å². The van der Waals surface area contributed by atoms with Crippen LogP contribution in [0.3, 0.4) is 0 Å². The molecule has 0 aliphatic heterocycles. The van der Waals surface area contributed by atoms with Gasteiger partial charge in [-0.2, -0.15) is 0 Å². The third-order valence-electron chi connectivity index (χ3n) is 2.60. The van der Waals surface area contributed by atoms with E-state index >= 15 is 0 Å². The molecule has 0 saturated heterocycles. The van der Waals surface area contributed by atoms with E-state index < -0.39 is 0 Å². The molecule has 0 aliphatic carbocycles. The lowest BCUT2D eigenvalue weighted by Crippen LogP contribution is -2.47. The predicted octanol–water partition coefficient (Wildman–Crippen LogP) is 1.89. The minimum atomic E-state index is 1.01. The van der Waals surface area contributed by atoms with Gasteiger partial charge in [-0.15, -0.1) is 5.92 Å². The number of quaternary nitrogens is 1. The van der Waals surface area contributed by atoms with Crippen LogP contribution in [0.1, 0.15) is 27.7 Å². The van der Waals surface area contributed by atoms with E-state index in [1.54, 1.807) is 0 Å². The Balaban J connectivity index is 4.12. The van der Waals surface area contributed by atoms with Gasteiger partial charge in [-0.1, -0.05) is 0 Å². The van der Waals surface area contributed by atoms with Crippen LogP contribution in [0.5, 0.6) is 0 Å². The van der Waals surface area contributed by atoms with E-state index in [2.05, 4.69) is 32.6 Å². The van der Waals surface area contributed by atoms with Crippen LogP contribution in [-0.4, -0.2) is 30.7 Å². The Bertz CT molecular complexity index is 138. The van der Waals surface area contributed by atoms with Crippen molar-refractivity contribution in [3.8, 4) is 11.8 Å². The van der Waals surface area contributed by atoms with E-state index in [0.29, 0.717) is 0 Å². The normalized spacial score (nSPS) is 10.5. The van der Waals surface area contributed by atoms with Gasteiger partial charge in [0.2, 0.25) is 0 Å². The van der Waals surface area contributed by atoms with E-state index in [1.807, 2.05) is 6.92 Å². The van der Waals surface area contributed by atoms with Gasteiger partial charge in [0, 0.05) is 0 Å². The number of nitrogens with zero attached hydrogens (tertiary/aromatic N) is 1. The first-order chi connectivity index (χ1) is 5.24.